The van der Waals surface area contributed by atoms with Gasteiger partial charge in [0.2, 0.25) is 0 Å². The predicted octanol–water partition coefficient (Wildman–Crippen LogP) is 1.37. The molecular formula is C11H16O5. The van der Waals surface area contributed by atoms with Crippen LogP contribution < -0.4 is 0 Å². The van der Waals surface area contributed by atoms with Crippen LogP contribution in [-0.2, 0) is 23.9 Å². The van der Waals surface area contributed by atoms with Gasteiger partial charge in [0.25, 0.3) is 0 Å². The van der Waals surface area contributed by atoms with Gasteiger partial charge < -0.3 is 14.3 Å². The first-order valence-corrected chi connectivity index (χ1v) is 4.84. The van der Waals surface area contributed by atoms with Crippen molar-refractivity contribution >= 4 is 17.7 Å². The Hall–Kier alpha value is -1.65. The Morgan fingerprint density at radius 1 is 1.00 bits per heavy atom. The highest BCUT2D eigenvalue weighted by Gasteiger charge is 2.16. The van der Waals surface area contributed by atoms with Crippen molar-refractivity contribution < 1.29 is 23.9 Å². The largest absolute Gasteiger partial charge is 0.466 e. The van der Waals surface area contributed by atoms with E-state index >= 15 is 0 Å². The highest BCUT2D eigenvalue weighted by Crippen LogP contribution is 2.14. The summed E-state index contributed by atoms with van der Waals surface area (Å²) in [6, 6.07) is 0. The molecule has 0 aromatic carbocycles. The molecular weight excluding hydrogens is 212 g/mol. The summed E-state index contributed by atoms with van der Waals surface area (Å²) in [5.74, 6) is -0.959. The molecule has 0 saturated carbocycles. The molecule has 0 aromatic heterocycles. The van der Waals surface area contributed by atoms with Gasteiger partial charge in [-0.1, -0.05) is 0 Å². The lowest BCUT2D eigenvalue weighted by Gasteiger charge is -2.08. The molecule has 5 nitrogen and oxygen atoms in total. The van der Waals surface area contributed by atoms with Gasteiger partial charge in [-0.15, -0.1) is 0 Å². The monoisotopic (exact) mass is 228 g/mol. The number of Topliss-reactive ketones (excluding diaryl/α,β-unsaturated/α-hetero) is 1. The summed E-state index contributed by atoms with van der Waals surface area (Å²) in [6.07, 6.45) is 0.421. The van der Waals surface area contributed by atoms with Crippen LogP contribution in [0.4, 0.5) is 0 Å². The van der Waals surface area contributed by atoms with E-state index in [0.717, 1.165) is 0 Å². The first-order chi connectivity index (χ1) is 7.38. The van der Waals surface area contributed by atoms with Crippen LogP contribution in [-0.4, -0.2) is 24.8 Å². The number of hydrogen-bond acceptors (Lipinski definition) is 5. The molecule has 90 valence electrons. The fraction of sp³-hybridized carbons (Fsp3) is 0.545. The van der Waals surface area contributed by atoms with E-state index in [2.05, 4.69) is 4.74 Å². The van der Waals surface area contributed by atoms with E-state index in [0.29, 0.717) is 0 Å². The zero-order chi connectivity index (χ0) is 12.7. The van der Waals surface area contributed by atoms with E-state index < -0.39 is 11.9 Å². The molecule has 0 aliphatic carbocycles. The average Bonchev–Trinajstić information content (AvgIpc) is 2.15. The van der Waals surface area contributed by atoms with Crippen molar-refractivity contribution in [1.29, 1.82) is 0 Å². The number of hydrogen-bond donors (Lipinski definition) is 0. The summed E-state index contributed by atoms with van der Waals surface area (Å²) in [5.41, 5.74) is 0.216. The molecule has 0 amide bonds. The van der Waals surface area contributed by atoms with Crippen molar-refractivity contribution in [1.82, 2.24) is 0 Å². The number of carbonyl (C=O) groups excluding carboxylic acids is 3. The van der Waals surface area contributed by atoms with Crippen LogP contribution in [0.25, 0.3) is 0 Å². The molecule has 16 heavy (non-hydrogen) atoms. The third-order valence-corrected chi connectivity index (χ3v) is 1.88. The number of carbonyl (C=O) groups is 3. The lowest BCUT2D eigenvalue weighted by Crippen LogP contribution is -2.11. The quantitative estimate of drug-likeness (QED) is 0.403. The third kappa shape index (κ3) is 5.29. The number of ketones is 1. The summed E-state index contributed by atoms with van der Waals surface area (Å²) in [7, 11) is 1.23. The molecule has 0 bridgehead atoms. The van der Waals surface area contributed by atoms with Crippen LogP contribution in [0, 0.1) is 0 Å². The van der Waals surface area contributed by atoms with Gasteiger partial charge in [-0.05, 0) is 20.3 Å². The van der Waals surface area contributed by atoms with Crippen molar-refractivity contribution in [3.63, 3.8) is 0 Å². The Kier molecular flexibility index (Phi) is 6.07. The second kappa shape index (κ2) is 6.76. The lowest BCUT2D eigenvalue weighted by molar-refractivity contribution is -0.138. The first kappa shape index (κ1) is 14.3. The standard InChI is InChI=1S/C11H16O5/c1-7(12)5-6-10(11(14)15-4)8(2)16-9(3)13/h5-6H2,1-4H3/b10-8-. The Balaban J connectivity index is 4.83. The molecule has 0 aliphatic heterocycles. The first-order valence-electron chi connectivity index (χ1n) is 4.84. The minimum absolute atomic E-state index is 0.0444. The van der Waals surface area contributed by atoms with Gasteiger partial charge >= 0.3 is 11.9 Å². The van der Waals surface area contributed by atoms with Crippen molar-refractivity contribution in [2.45, 2.75) is 33.6 Å². The second-order valence-corrected chi connectivity index (χ2v) is 3.32. The van der Waals surface area contributed by atoms with Crippen molar-refractivity contribution in [3.05, 3.63) is 11.3 Å². The van der Waals surface area contributed by atoms with Crippen molar-refractivity contribution in [3.8, 4) is 0 Å². The minimum Gasteiger partial charge on any atom is -0.466 e. The number of allylic oxidation sites excluding steroid dienone is 1. The summed E-state index contributed by atoms with van der Waals surface area (Å²) in [4.78, 5) is 32.9. The van der Waals surface area contributed by atoms with Crippen LogP contribution in [0.1, 0.15) is 33.6 Å². The Bertz CT molecular complexity index is 327. The van der Waals surface area contributed by atoms with Crippen LogP contribution >= 0.6 is 0 Å². The molecule has 0 heterocycles. The number of methoxy groups -OCH3 is 1. The Morgan fingerprint density at radius 3 is 1.94 bits per heavy atom. The highest BCUT2D eigenvalue weighted by atomic mass is 16.5. The van der Waals surface area contributed by atoms with Crippen molar-refractivity contribution in [2.24, 2.45) is 0 Å². The van der Waals surface area contributed by atoms with Crippen molar-refractivity contribution in [2.75, 3.05) is 7.11 Å². The SMILES string of the molecule is COC(=O)/C(CCC(C)=O)=C(/C)OC(C)=O. The third-order valence-electron chi connectivity index (χ3n) is 1.88. The zero-order valence-electron chi connectivity index (χ0n) is 9.96. The minimum atomic E-state index is -0.583. The molecule has 0 unspecified atom stereocenters. The van der Waals surface area contributed by atoms with Gasteiger partial charge in [0.1, 0.15) is 11.5 Å². The summed E-state index contributed by atoms with van der Waals surface area (Å²) in [6.45, 7) is 4.16. The summed E-state index contributed by atoms with van der Waals surface area (Å²) < 4.78 is 9.34. The van der Waals surface area contributed by atoms with E-state index in [1.807, 2.05) is 0 Å². The maximum absolute atomic E-state index is 11.4. The lowest BCUT2D eigenvalue weighted by atomic mass is 10.1. The van der Waals surface area contributed by atoms with Gasteiger partial charge in [0.05, 0.1) is 12.7 Å². The second-order valence-electron chi connectivity index (χ2n) is 3.32. The van der Waals surface area contributed by atoms with Gasteiger partial charge in [0.15, 0.2) is 0 Å². The molecule has 0 aromatic rings. The van der Waals surface area contributed by atoms with Crippen LogP contribution in [0.3, 0.4) is 0 Å². The van der Waals surface area contributed by atoms with Crippen LogP contribution in [0.5, 0.6) is 0 Å². The molecule has 0 aliphatic rings. The average molecular weight is 228 g/mol. The van der Waals surface area contributed by atoms with E-state index in [-0.39, 0.29) is 30.0 Å². The topological polar surface area (TPSA) is 69.7 Å². The Labute approximate surface area is 94.4 Å². The van der Waals surface area contributed by atoms with Gasteiger partial charge in [-0.3, -0.25) is 4.79 Å². The molecule has 5 heteroatoms. The predicted molar refractivity (Wildman–Crippen MR) is 56.4 cm³/mol. The highest BCUT2D eigenvalue weighted by molar-refractivity contribution is 5.90. The normalized spacial score (nSPS) is 11.5. The molecule has 0 radical (unpaired) electrons. The maximum Gasteiger partial charge on any atom is 0.337 e. The number of esters is 2. The van der Waals surface area contributed by atoms with Crippen LogP contribution in [0.15, 0.2) is 11.3 Å². The molecule has 0 spiro atoms. The molecule has 0 saturated heterocycles. The van der Waals surface area contributed by atoms with Gasteiger partial charge in [-0.2, -0.15) is 0 Å². The molecule has 0 fully saturated rings. The van der Waals surface area contributed by atoms with Crippen LogP contribution in [0.2, 0.25) is 0 Å². The zero-order valence-corrected chi connectivity index (χ0v) is 9.96. The fourth-order valence-corrected chi connectivity index (χ4v) is 1.12. The summed E-state index contributed by atoms with van der Waals surface area (Å²) in [5, 5.41) is 0. The van der Waals surface area contributed by atoms with Gasteiger partial charge in [0, 0.05) is 13.3 Å². The Morgan fingerprint density at radius 2 is 1.56 bits per heavy atom. The fourth-order valence-electron chi connectivity index (χ4n) is 1.12. The maximum atomic E-state index is 11.4. The van der Waals surface area contributed by atoms with E-state index in [1.165, 1.54) is 27.9 Å². The molecule has 0 rings (SSSR count). The van der Waals surface area contributed by atoms with Gasteiger partial charge in [-0.25, -0.2) is 4.79 Å². The van der Waals surface area contributed by atoms with E-state index in [9.17, 15) is 14.4 Å². The number of ether oxygens (including phenoxy) is 2. The smallest absolute Gasteiger partial charge is 0.337 e. The molecule has 0 N–H and O–H groups in total. The van der Waals surface area contributed by atoms with E-state index in [4.69, 9.17) is 4.74 Å². The number of rotatable bonds is 5. The van der Waals surface area contributed by atoms with E-state index in [1.54, 1.807) is 0 Å². The molecule has 0 atom stereocenters. The summed E-state index contributed by atoms with van der Waals surface area (Å²) >= 11 is 0.